The Morgan fingerprint density at radius 2 is 2.15 bits per heavy atom. The highest BCUT2D eigenvalue weighted by molar-refractivity contribution is 5.81. The van der Waals surface area contributed by atoms with Gasteiger partial charge in [-0.2, -0.15) is 20.4 Å². The average molecular weight is 279 g/mol. The molecule has 20 heavy (non-hydrogen) atoms. The normalized spacial score (nSPS) is 11.6. The first-order valence-electron chi connectivity index (χ1n) is 6.55. The Kier molecular flexibility index (Phi) is 4.11. The quantitative estimate of drug-likeness (QED) is 0.798. The van der Waals surface area contributed by atoms with Crippen molar-refractivity contribution in [1.82, 2.24) is 25.6 Å². The smallest absolute Gasteiger partial charge is 0.321 e. The lowest BCUT2D eigenvalue weighted by Gasteiger charge is -2.24. The number of nitrogens with zero attached hydrogens (tertiary/aromatic N) is 4. The Bertz CT molecular complexity index is 559. The minimum absolute atomic E-state index is 0.249. The van der Waals surface area contributed by atoms with Crippen LogP contribution in [-0.2, 0) is 14.9 Å². The molecule has 2 aromatic rings. The maximum absolute atomic E-state index is 12.2. The monoisotopic (exact) mass is 279 g/mol. The molecule has 0 saturated carbocycles. The van der Waals surface area contributed by atoms with E-state index in [-0.39, 0.29) is 11.9 Å². The fraction of sp³-hybridized carbons (Fsp3) is 0.583. The molecule has 8 heteroatoms. The van der Waals surface area contributed by atoms with Crippen LogP contribution in [0.15, 0.2) is 10.7 Å². The van der Waals surface area contributed by atoms with E-state index in [2.05, 4.69) is 25.6 Å². The maximum atomic E-state index is 12.2. The Morgan fingerprint density at radius 3 is 2.70 bits per heavy atom. The van der Waals surface area contributed by atoms with Gasteiger partial charge in [0.2, 0.25) is 11.7 Å². The van der Waals surface area contributed by atoms with Crippen molar-refractivity contribution in [3.05, 3.63) is 12.1 Å². The van der Waals surface area contributed by atoms with Crippen molar-refractivity contribution in [3.8, 4) is 11.5 Å². The van der Waals surface area contributed by atoms with E-state index in [0.717, 1.165) is 0 Å². The van der Waals surface area contributed by atoms with Gasteiger partial charge in [-0.15, -0.1) is 0 Å². The molecule has 2 heterocycles. The summed E-state index contributed by atoms with van der Waals surface area (Å²) in [7, 11) is 0. The van der Waals surface area contributed by atoms with Crippen LogP contribution in [0.5, 0.6) is 0 Å². The second-order valence-corrected chi connectivity index (χ2v) is 4.29. The van der Waals surface area contributed by atoms with Crippen LogP contribution in [0, 0.1) is 0 Å². The van der Waals surface area contributed by atoms with Crippen LogP contribution in [0.3, 0.4) is 0 Å². The third kappa shape index (κ3) is 2.28. The van der Waals surface area contributed by atoms with Gasteiger partial charge in [-0.1, -0.05) is 19.0 Å². The number of hydrogen-bond donors (Lipinski definition) is 1. The van der Waals surface area contributed by atoms with Crippen molar-refractivity contribution in [3.63, 3.8) is 0 Å². The van der Waals surface area contributed by atoms with E-state index in [1.165, 1.54) is 6.20 Å². The van der Waals surface area contributed by atoms with Gasteiger partial charge >= 0.3 is 5.97 Å². The Balaban J connectivity index is 2.37. The van der Waals surface area contributed by atoms with Gasteiger partial charge in [0.15, 0.2) is 5.69 Å². The third-order valence-electron chi connectivity index (χ3n) is 3.35. The minimum atomic E-state index is -0.912. The van der Waals surface area contributed by atoms with Crippen molar-refractivity contribution in [2.75, 3.05) is 6.61 Å². The van der Waals surface area contributed by atoms with Crippen LogP contribution in [0.4, 0.5) is 0 Å². The van der Waals surface area contributed by atoms with Gasteiger partial charge in [0.05, 0.1) is 12.8 Å². The number of ether oxygens (including phenoxy) is 1. The Labute approximate surface area is 115 Å². The van der Waals surface area contributed by atoms with Crippen LogP contribution in [0.2, 0.25) is 0 Å². The molecule has 0 aromatic carbocycles. The highest BCUT2D eigenvalue weighted by atomic mass is 16.5. The zero-order chi connectivity index (χ0) is 14.6. The van der Waals surface area contributed by atoms with Crippen molar-refractivity contribution in [2.24, 2.45) is 0 Å². The van der Waals surface area contributed by atoms with Gasteiger partial charge in [-0.3, -0.25) is 4.79 Å². The molecule has 0 unspecified atom stereocenters. The summed E-state index contributed by atoms with van der Waals surface area (Å²) in [4.78, 5) is 16.5. The number of carbonyl (C=O) groups is 1. The van der Waals surface area contributed by atoms with Gasteiger partial charge in [0.25, 0.3) is 0 Å². The van der Waals surface area contributed by atoms with E-state index in [4.69, 9.17) is 9.26 Å². The lowest BCUT2D eigenvalue weighted by molar-refractivity contribution is -0.151. The molecular weight excluding hydrogens is 262 g/mol. The summed E-state index contributed by atoms with van der Waals surface area (Å²) < 4.78 is 10.4. The fourth-order valence-corrected chi connectivity index (χ4v) is 2.03. The highest BCUT2D eigenvalue weighted by Gasteiger charge is 2.44. The summed E-state index contributed by atoms with van der Waals surface area (Å²) >= 11 is 0. The SMILES string of the molecule is CCOC(=O)C(CC)(CC)c1nc(-c2cn[nH]n2)no1. The molecular formula is C12H17N5O3. The Hall–Kier alpha value is -2.25. The van der Waals surface area contributed by atoms with Crippen LogP contribution < -0.4 is 0 Å². The van der Waals surface area contributed by atoms with E-state index < -0.39 is 5.41 Å². The summed E-state index contributed by atoms with van der Waals surface area (Å²) in [6, 6.07) is 0. The number of H-pyrrole nitrogens is 1. The van der Waals surface area contributed by atoms with Gasteiger partial charge < -0.3 is 9.26 Å². The van der Waals surface area contributed by atoms with E-state index in [1.807, 2.05) is 13.8 Å². The number of esters is 1. The number of nitrogens with one attached hydrogen (secondary N) is 1. The summed E-state index contributed by atoms with van der Waals surface area (Å²) in [5.41, 5.74) is -0.449. The molecule has 0 atom stereocenters. The lowest BCUT2D eigenvalue weighted by Crippen LogP contribution is -2.36. The van der Waals surface area contributed by atoms with Gasteiger partial charge in [0.1, 0.15) is 5.41 Å². The van der Waals surface area contributed by atoms with Crippen LogP contribution in [-0.4, -0.2) is 38.1 Å². The van der Waals surface area contributed by atoms with Crippen LogP contribution in [0.1, 0.15) is 39.5 Å². The van der Waals surface area contributed by atoms with E-state index >= 15 is 0 Å². The van der Waals surface area contributed by atoms with Gasteiger partial charge in [-0.25, -0.2) is 0 Å². The molecule has 1 N–H and O–H groups in total. The van der Waals surface area contributed by atoms with E-state index in [0.29, 0.717) is 31.0 Å². The second kappa shape index (κ2) is 5.81. The standard InChI is InChI=1S/C12H17N5O3/c1-4-12(5-2,11(18)19-6-3)10-14-9(16-20-10)8-7-13-17-15-8/h7H,4-6H2,1-3H3,(H,13,15,17). The molecule has 2 aromatic heterocycles. The average Bonchev–Trinajstić information content (AvgIpc) is 3.12. The maximum Gasteiger partial charge on any atom is 0.321 e. The zero-order valence-electron chi connectivity index (χ0n) is 11.7. The van der Waals surface area contributed by atoms with Crippen molar-refractivity contribution in [1.29, 1.82) is 0 Å². The molecule has 0 bridgehead atoms. The first kappa shape index (κ1) is 14.2. The molecule has 0 aliphatic rings. The van der Waals surface area contributed by atoms with Crippen LogP contribution in [0.25, 0.3) is 11.5 Å². The summed E-state index contributed by atoms with van der Waals surface area (Å²) in [6.07, 6.45) is 2.52. The number of rotatable bonds is 6. The first-order valence-corrected chi connectivity index (χ1v) is 6.55. The minimum Gasteiger partial charge on any atom is -0.465 e. The second-order valence-electron chi connectivity index (χ2n) is 4.29. The third-order valence-corrected chi connectivity index (χ3v) is 3.35. The summed E-state index contributed by atoms with van der Waals surface area (Å²) in [5, 5.41) is 13.9. The van der Waals surface area contributed by atoms with E-state index in [9.17, 15) is 4.79 Å². The summed E-state index contributed by atoms with van der Waals surface area (Å²) in [5.74, 6) is 0.198. The first-order chi connectivity index (χ1) is 9.67. The largest absolute Gasteiger partial charge is 0.465 e. The van der Waals surface area contributed by atoms with Crippen molar-refractivity contribution in [2.45, 2.75) is 39.0 Å². The molecule has 2 rings (SSSR count). The highest BCUT2D eigenvalue weighted by Crippen LogP contribution is 2.33. The van der Waals surface area contributed by atoms with Gasteiger partial charge in [0, 0.05) is 0 Å². The number of hydrogen-bond acceptors (Lipinski definition) is 7. The predicted molar refractivity (Wildman–Crippen MR) is 68.6 cm³/mol. The fourth-order valence-electron chi connectivity index (χ4n) is 2.03. The number of carbonyl (C=O) groups excluding carboxylic acids is 1. The Morgan fingerprint density at radius 1 is 1.40 bits per heavy atom. The van der Waals surface area contributed by atoms with Crippen molar-refractivity contribution < 1.29 is 14.1 Å². The molecule has 8 nitrogen and oxygen atoms in total. The topological polar surface area (TPSA) is 107 Å². The molecule has 0 saturated heterocycles. The van der Waals surface area contributed by atoms with Crippen LogP contribution >= 0.6 is 0 Å². The molecule has 0 aliphatic heterocycles. The number of aromatic nitrogens is 5. The summed E-state index contributed by atoms with van der Waals surface area (Å²) in [6.45, 7) is 5.86. The zero-order valence-corrected chi connectivity index (χ0v) is 11.7. The number of aromatic amines is 1. The molecule has 0 aliphatic carbocycles. The molecule has 0 fully saturated rings. The van der Waals surface area contributed by atoms with Crippen molar-refractivity contribution >= 4 is 5.97 Å². The predicted octanol–water partition coefficient (Wildman–Crippen LogP) is 1.48. The molecule has 0 spiro atoms. The van der Waals surface area contributed by atoms with E-state index in [1.54, 1.807) is 6.92 Å². The molecule has 0 radical (unpaired) electrons. The van der Waals surface area contributed by atoms with Gasteiger partial charge in [-0.05, 0) is 19.8 Å². The lowest BCUT2D eigenvalue weighted by atomic mass is 9.82. The molecule has 108 valence electrons. The molecule has 0 amide bonds.